The van der Waals surface area contributed by atoms with Gasteiger partial charge in [-0.05, 0) is 116 Å². The summed E-state index contributed by atoms with van der Waals surface area (Å²) in [5, 5.41) is 10.0. The molecule has 0 saturated carbocycles. The van der Waals surface area contributed by atoms with Crippen LogP contribution in [0.1, 0.15) is 55.6 Å². The highest BCUT2D eigenvalue weighted by atomic mass is 16.3. The van der Waals surface area contributed by atoms with Crippen molar-refractivity contribution < 1.29 is 19.5 Å². The van der Waals surface area contributed by atoms with E-state index in [-0.39, 0.29) is 29.6 Å². The molecular weight excluding hydrogens is 699 g/mol. The van der Waals surface area contributed by atoms with E-state index in [2.05, 4.69) is 25.1 Å². The Hall–Kier alpha value is -6.61. The molecule has 5 aromatic carbocycles. The van der Waals surface area contributed by atoms with Crippen molar-refractivity contribution >= 4 is 34.9 Å². The number of benzene rings is 5. The van der Waals surface area contributed by atoms with Crippen LogP contribution in [0.4, 0.5) is 21.9 Å². The Morgan fingerprint density at radius 2 is 1.32 bits per heavy atom. The number of aromatic nitrogens is 1. The predicted octanol–water partition coefficient (Wildman–Crippen LogP) is 8.89. The van der Waals surface area contributed by atoms with E-state index < -0.39 is 0 Å². The summed E-state index contributed by atoms with van der Waals surface area (Å²) in [5.41, 5.74) is 9.81. The smallest absolute Gasteiger partial charge is 0.324 e. The molecular formula is C47H45N5O4. The lowest BCUT2D eigenvalue weighted by Crippen LogP contribution is -2.44. The highest BCUT2D eigenvalue weighted by Crippen LogP contribution is 2.37. The minimum atomic E-state index is -0.231. The van der Waals surface area contributed by atoms with Crippen LogP contribution in [0.2, 0.25) is 0 Å². The molecule has 0 aliphatic carbocycles. The zero-order valence-electron chi connectivity index (χ0n) is 32.1. The van der Waals surface area contributed by atoms with Gasteiger partial charge in [0.15, 0.2) is 0 Å². The van der Waals surface area contributed by atoms with Gasteiger partial charge in [-0.1, -0.05) is 60.7 Å². The molecule has 9 heteroatoms. The lowest BCUT2D eigenvalue weighted by Gasteiger charge is -2.36. The molecule has 2 aliphatic heterocycles. The number of rotatable bonds is 6. The molecule has 8 rings (SSSR count). The second-order valence-corrected chi connectivity index (χ2v) is 14.9. The van der Waals surface area contributed by atoms with Crippen LogP contribution in [0.3, 0.4) is 0 Å². The number of phenolic OH excluding ortho intramolecular Hbond substituents is 1. The molecule has 56 heavy (non-hydrogen) atoms. The number of anilines is 3. The molecule has 0 spiro atoms. The number of nitrogens with zero attached hydrogens (tertiary/aromatic N) is 5. The molecule has 1 aromatic heterocycles. The SMILES string of the molecule is Cc1c(C(=O)N(c2ccccc2)c2ccc(O)cc2)cc(-c2cc3c(cc2C(=O)N2Cc4ccccc4C[C@H]2C)CN(C(=O)N(C)c2ccccc2)CC3)n1C. The number of fused-ring (bicyclic) bond motifs is 2. The Morgan fingerprint density at radius 1 is 0.696 bits per heavy atom. The Balaban J connectivity index is 1.21. The summed E-state index contributed by atoms with van der Waals surface area (Å²) in [4.78, 5) is 50.6. The molecule has 4 amide bonds. The van der Waals surface area contributed by atoms with E-state index >= 15 is 0 Å². The normalized spacial score (nSPS) is 14.8. The molecule has 6 aromatic rings. The van der Waals surface area contributed by atoms with Crippen LogP contribution in [0.5, 0.6) is 5.75 Å². The van der Waals surface area contributed by atoms with Crippen molar-refractivity contribution in [3.05, 3.63) is 166 Å². The molecule has 0 saturated heterocycles. The number of carbonyl (C=O) groups excluding carboxylic acids is 3. The maximum atomic E-state index is 15.0. The molecule has 3 heterocycles. The molecule has 0 bridgehead atoms. The number of para-hydroxylation sites is 2. The zero-order chi connectivity index (χ0) is 39.1. The highest BCUT2D eigenvalue weighted by molar-refractivity contribution is 6.12. The third kappa shape index (κ3) is 6.70. The lowest BCUT2D eigenvalue weighted by molar-refractivity contribution is 0.0658. The Bertz CT molecular complexity index is 2440. The van der Waals surface area contributed by atoms with Gasteiger partial charge in [0.25, 0.3) is 11.8 Å². The lowest BCUT2D eigenvalue weighted by atomic mass is 9.90. The van der Waals surface area contributed by atoms with Crippen molar-refractivity contribution in [2.24, 2.45) is 7.05 Å². The minimum absolute atomic E-state index is 0.0316. The fourth-order valence-electron chi connectivity index (χ4n) is 8.10. The van der Waals surface area contributed by atoms with Gasteiger partial charge >= 0.3 is 6.03 Å². The number of carbonyl (C=O) groups is 3. The summed E-state index contributed by atoms with van der Waals surface area (Å²) in [6.07, 6.45) is 1.38. The summed E-state index contributed by atoms with van der Waals surface area (Å²) >= 11 is 0. The third-order valence-corrected chi connectivity index (χ3v) is 11.4. The van der Waals surface area contributed by atoms with Gasteiger partial charge in [0, 0.05) is 79.3 Å². The van der Waals surface area contributed by atoms with E-state index in [4.69, 9.17) is 0 Å². The highest BCUT2D eigenvalue weighted by Gasteiger charge is 2.33. The van der Waals surface area contributed by atoms with Gasteiger partial charge < -0.3 is 19.5 Å². The van der Waals surface area contributed by atoms with Gasteiger partial charge in [-0.2, -0.15) is 0 Å². The van der Waals surface area contributed by atoms with Crippen LogP contribution >= 0.6 is 0 Å². The molecule has 2 aliphatic rings. The Kier molecular flexibility index (Phi) is 9.68. The van der Waals surface area contributed by atoms with Crippen molar-refractivity contribution in [2.45, 2.75) is 45.8 Å². The van der Waals surface area contributed by atoms with Gasteiger partial charge in [0.2, 0.25) is 0 Å². The monoisotopic (exact) mass is 743 g/mol. The molecule has 0 unspecified atom stereocenters. The molecule has 1 atom stereocenters. The van der Waals surface area contributed by atoms with E-state index in [9.17, 15) is 19.5 Å². The number of aromatic hydroxyl groups is 1. The fraction of sp³-hybridized carbons (Fsp3) is 0.213. The van der Waals surface area contributed by atoms with Gasteiger partial charge in [0.1, 0.15) is 5.75 Å². The first-order chi connectivity index (χ1) is 27.1. The second-order valence-electron chi connectivity index (χ2n) is 14.9. The molecule has 282 valence electrons. The molecule has 9 nitrogen and oxygen atoms in total. The summed E-state index contributed by atoms with van der Waals surface area (Å²) in [6.45, 7) is 5.42. The van der Waals surface area contributed by atoms with E-state index in [1.54, 1.807) is 41.1 Å². The fourth-order valence-corrected chi connectivity index (χ4v) is 8.10. The quantitative estimate of drug-likeness (QED) is 0.185. The average Bonchev–Trinajstić information content (AvgIpc) is 3.53. The van der Waals surface area contributed by atoms with Crippen molar-refractivity contribution in [3.63, 3.8) is 0 Å². The first kappa shape index (κ1) is 36.4. The summed E-state index contributed by atoms with van der Waals surface area (Å²) < 4.78 is 1.99. The van der Waals surface area contributed by atoms with Gasteiger partial charge in [-0.3, -0.25) is 19.4 Å². The number of amides is 4. The van der Waals surface area contributed by atoms with Gasteiger partial charge in [-0.15, -0.1) is 0 Å². The van der Waals surface area contributed by atoms with Crippen LogP contribution in [-0.2, 0) is 33.0 Å². The summed E-state index contributed by atoms with van der Waals surface area (Å²) in [5.74, 6) is -0.208. The van der Waals surface area contributed by atoms with Crippen LogP contribution in [-0.4, -0.2) is 57.0 Å². The maximum Gasteiger partial charge on any atom is 0.324 e. The van der Waals surface area contributed by atoms with E-state index in [0.29, 0.717) is 48.6 Å². The standard InChI is InChI=1S/C47H45N5O4/c1-31-25-33-13-11-12-14-35(33)30-51(31)45(54)43-27-36-29-50(47(56)49(4)37-15-7-5-8-16-37)24-23-34(36)26-42(43)44-28-41(32(2)48(44)3)46(55)52(38-17-9-6-10-18-38)39-19-21-40(53)22-20-39/h5-22,26-28,31,53H,23-25,29-30H2,1-4H3/t31-/m1/s1. The van der Waals surface area contributed by atoms with Gasteiger partial charge in [-0.25, -0.2) is 4.79 Å². The van der Waals surface area contributed by atoms with Crippen molar-refractivity contribution in [2.75, 3.05) is 23.4 Å². The van der Waals surface area contributed by atoms with E-state index in [1.807, 2.05) is 113 Å². The zero-order valence-corrected chi connectivity index (χ0v) is 32.1. The largest absolute Gasteiger partial charge is 0.508 e. The van der Waals surface area contributed by atoms with Gasteiger partial charge in [0.05, 0.1) is 5.56 Å². The minimum Gasteiger partial charge on any atom is -0.508 e. The Labute approximate surface area is 327 Å². The number of hydrogen-bond donors (Lipinski definition) is 1. The third-order valence-electron chi connectivity index (χ3n) is 11.4. The topological polar surface area (TPSA) is 89.3 Å². The Morgan fingerprint density at radius 3 is 2.02 bits per heavy atom. The molecule has 0 fully saturated rings. The second kappa shape index (κ2) is 14.9. The van der Waals surface area contributed by atoms with Crippen LogP contribution in [0, 0.1) is 6.92 Å². The van der Waals surface area contributed by atoms with Crippen molar-refractivity contribution in [3.8, 4) is 17.0 Å². The predicted molar refractivity (Wildman–Crippen MR) is 220 cm³/mol. The summed E-state index contributed by atoms with van der Waals surface area (Å²) in [6, 6.07) is 39.8. The van der Waals surface area contributed by atoms with Crippen molar-refractivity contribution in [1.29, 1.82) is 0 Å². The van der Waals surface area contributed by atoms with Crippen LogP contribution in [0.15, 0.2) is 127 Å². The van der Waals surface area contributed by atoms with E-state index in [1.165, 1.54) is 5.56 Å². The average molecular weight is 744 g/mol. The number of phenols is 1. The van der Waals surface area contributed by atoms with Crippen LogP contribution < -0.4 is 9.80 Å². The summed E-state index contributed by atoms with van der Waals surface area (Å²) in [7, 11) is 3.72. The number of urea groups is 1. The van der Waals surface area contributed by atoms with Crippen molar-refractivity contribution in [1.82, 2.24) is 14.4 Å². The molecule has 0 radical (unpaired) electrons. The van der Waals surface area contributed by atoms with E-state index in [0.717, 1.165) is 45.7 Å². The maximum absolute atomic E-state index is 15.0. The molecule has 1 N–H and O–H groups in total. The first-order valence-corrected chi connectivity index (χ1v) is 19.1. The first-order valence-electron chi connectivity index (χ1n) is 19.1. The number of hydrogen-bond acceptors (Lipinski definition) is 4. The van der Waals surface area contributed by atoms with Crippen LogP contribution in [0.25, 0.3) is 11.3 Å².